The molecule has 7 heteroatoms. The second kappa shape index (κ2) is 5.35. The third-order valence-electron chi connectivity index (χ3n) is 2.89. The smallest absolute Gasteiger partial charge is 0.224 e. The summed E-state index contributed by atoms with van der Waals surface area (Å²) in [5, 5.41) is -0.0445. The Morgan fingerprint density at radius 1 is 1.00 bits per heavy atom. The van der Waals surface area contributed by atoms with Crippen LogP contribution in [0, 0.1) is 0 Å². The summed E-state index contributed by atoms with van der Waals surface area (Å²) in [6.45, 7) is 0. The Morgan fingerprint density at radius 3 is 2.05 bits per heavy atom. The molecule has 2 nitrogen and oxygen atoms in total. The summed E-state index contributed by atoms with van der Waals surface area (Å²) >= 11 is 5.88. The van der Waals surface area contributed by atoms with Crippen LogP contribution in [-0.4, -0.2) is 14.7 Å². The van der Waals surface area contributed by atoms with Gasteiger partial charge in [0.15, 0.2) is 9.84 Å². The van der Waals surface area contributed by atoms with Crippen LogP contribution in [0.25, 0.3) is 11.1 Å². The summed E-state index contributed by atoms with van der Waals surface area (Å²) in [6, 6.07) is 8.66. The van der Waals surface area contributed by atoms with Crippen molar-refractivity contribution in [2.45, 2.75) is 11.1 Å². The van der Waals surface area contributed by atoms with Gasteiger partial charge in [0.2, 0.25) is 0 Å². The second-order valence-electron chi connectivity index (χ2n) is 4.46. The van der Waals surface area contributed by atoms with Gasteiger partial charge in [-0.15, -0.1) is 0 Å². The molecule has 2 aromatic rings. The van der Waals surface area contributed by atoms with Crippen molar-refractivity contribution < 1.29 is 21.6 Å². The Balaban J connectivity index is 2.63. The van der Waals surface area contributed by atoms with Gasteiger partial charge in [-0.3, -0.25) is 0 Å². The third kappa shape index (κ3) is 3.39. The fourth-order valence-corrected chi connectivity index (χ4v) is 2.84. The predicted molar refractivity (Wildman–Crippen MR) is 75.0 cm³/mol. The fraction of sp³-hybridized carbons (Fsp3) is 0.143. The molecule has 0 saturated carbocycles. The first-order valence-electron chi connectivity index (χ1n) is 5.77. The van der Waals surface area contributed by atoms with Crippen LogP contribution in [-0.2, 0) is 16.0 Å². The monoisotopic (exact) mass is 334 g/mol. The normalized spacial score (nSPS) is 12.4. The Kier molecular flexibility index (Phi) is 4.04. The Hall–Kier alpha value is -1.53. The lowest BCUT2D eigenvalue weighted by atomic mass is 9.99. The van der Waals surface area contributed by atoms with Crippen LogP contribution in [0.3, 0.4) is 0 Å². The van der Waals surface area contributed by atoms with Crippen molar-refractivity contribution in [3.05, 3.63) is 53.1 Å². The second-order valence-corrected chi connectivity index (χ2v) is 6.88. The molecule has 0 spiro atoms. The molecule has 21 heavy (non-hydrogen) atoms. The number of hydrogen-bond acceptors (Lipinski definition) is 2. The van der Waals surface area contributed by atoms with Crippen LogP contribution in [0.4, 0.5) is 13.2 Å². The quantitative estimate of drug-likeness (QED) is 0.814. The maximum atomic E-state index is 13.0. The van der Waals surface area contributed by atoms with Crippen molar-refractivity contribution in [2.24, 2.45) is 0 Å². The first kappa shape index (κ1) is 15.9. The van der Waals surface area contributed by atoms with Crippen LogP contribution in [0.1, 0.15) is 5.56 Å². The molecule has 112 valence electrons. The van der Waals surface area contributed by atoms with E-state index < -0.39 is 21.6 Å². The summed E-state index contributed by atoms with van der Waals surface area (Å²) in [5.41, 5.74) is -0.811. The molecule has 0 bridgehead atoms. The number of benzene rings is 2. The molecule has 2 aromatic carbocycles. The van der Waals surface area contributed by atoms with Gasteiger partial charge in [-0.2, -0.15) is 13.2 Å². The van der Waals surface area contributed by atoms with E-state index in [1.807, 2.05) is 0 Å². The van der Waals surface area contributed by atoms with Gasteiger partial charge in [0.1, 0.15) is 0 Å². The SMILES string of the molecule is CS(=O)(=O)c1ccc(-c2c(Cl)cccc2C(F)(F)F)cc1. The van der Waals surface area contributed by atoms with E-state index in [9.17, 15) is 21.6 Å². The number of halogens is 4. The molecule has 0 radical (unpaired) electrons. The van der Waals surface area contributed by atoms with Crippen LogP contribution < -0.4 is 0 Å². The highest BCUT2D eigenvalue weighted by molar-refractivity contribution is 7.90. The number of alkyl halides is 3. The van der Waals surface area contributed by atoms with Gasteiger partial charge < -0.3 is 0 Å². The Bertz CT molecular complexity index is 766. The van der Waals surface area contributed by atoms with Crippen molar-refractivity contribution in [1.29, 1.82) is 0 Å². The van der Waals surface area contributed by atoms with E-state index in [0.717, 1.165) is 12.3 Å². The molecule has 0 fully saturated rings. The molecule has 0 aliphatic heterocycles. The lowest BCUT2D eigenvalue weighted by molar-refractivity contribution is -0.137. The van der Waals surface area contributed by atoms with E-state index in [2.05, 4.69) is 0 Å². The van der Waals surface area contributed by atoms with Crippen LogP contribution in [0.15, 0.2) is 47.4 Å². The third-order valence-corrected chi connectivity index (χ3v) is 4.33. The number of sulfone groups is 1. The minimum absolute atomic E-state index is 0.0341. The maximum Gasteiger partial charge on any atom is 0.417 e. The van der Waals surface area contributed by atoms with Gasteiger partial charge in [-0.1, -0.05) is 29.8 Å². The summed E-state index contributed by atoms with van der Waals surface area (Å²) in [5.74, 6) is 0. The van der Waals surface area contributed by atoms with Crippen molar-refractivity contribution in [3.63, 3.8) is 0 Å². The molecular formula is C14H10ClF3O2S. The number of rotatable bonds is 2. The molecule has 0 amide bonds. The minimum Gasteiger partial charge on any atom is -0.224 e. The molecule has 0 atom stereocenters. The van der Waals surface area contributed by atoms with E-state index in [0.29, 0.717) is 0 Å². The Labute approximate surface area is 125 Å². The minimum atomic E-state index is -4.55. The highest BCUT2D eigenvalue weighted by Crippen LogP contribution is 2.40. The van der Waals surface area contributed by atoms with Gasteiger partial charge in [0.05, 0.1) is 10.5 Å². The van der Waals surface area contributed by atoms with E-state index >= 15 is 0 Å². The fourth-order valence-electron chi connectivity index (χ4n) is 1.92. The zero-order valence-corrected chi connectivity index (χ0v) is 12.4. The summed E-state index contributed by atoms with van der Waals surface area (Å²) in [6.07, 6.45) is -3.52. The molecule has 0 N–H and O–H groups in total. The molecule has 0 aliphatic carbocycles. The average Bonchev–Trinajstić information content (AvgIpc) is 2.36. The van der Waals surface area contributed by atoms with Gasteiger partial charge >= 0.3 is 6.18 Å². The molecule has 0 aliphatic rings. The maximum absolute atomic E-state index is 13.0. The highest BCUT2D eigenvalue weighted by atomic mass is 35.5. The molecule has 0 heterocycles. The Morgan fingerprint density at radius 2 is 1.57 bits per heavy atom. The first-order chi connectivity index (χ1) is 9.60. The molecule has 0 aromatic heterocycles. The van der Waals surface area contributed by atoms with E-state index in [1.54, 1.807) is 0 Å². The van der Waals surface area contributed by atoms with Crippen LogP contribution in [0.5, 0.6) is 0 Å². The molecular weight excluding hydrogens is 325 g/mol. The average molecular weight is 335 g/mol. The summed E-state index contributed by atoms with van der Waals surface area (Å²) in [7, 11) is -3.41. The first-order valence-corrected chi connectivity index (χ1v) is 8.04. The molecule has 0 unspecified atom stereocenters. The summed E-state index contributed by atoms with van der Waals surface area (Å²) in [4.78, 5) is 0.0341. The zero-order chi connectivity index (χ0) is 15.8. The van der Waals surface area contributed by atoms with Crippen molar-refractivity contribution in [1.82, 2.24) is 0 Å². The van der Waals surface area contributed by atoms with Crippen LogP contribution >= 0.6 is 11.6 Å². The topological polar surface area (TPSA) is 34.1 Å². The lowest BCUT2D eigenvalue weighted by Gasteiger charge is -2.14. The lowest BCUT2D eigenvalue weighted by Crippen LogP contribution is -2.07. The van der Waals surface area contributed by atoms with E-state index in [1.165, 1.54) is 36.4 Å². The van der Waals surface area contributed by atoms with Crippen molar-refractivity contribution >= 4 is 21.4 Å². The predicted octanol–water partition coefficient (Wildman–Crippen LogP) is 4.43. The standard InChI is InChI=1S/C14H10ClF3O2S/c1-21(19,20)10-7-5-9(6-8-10)13-11(14(16,17)18)3-2-4-12(13)15/h2-8H,1H3. The largest absolute Gasteiger partial charge is 0.417 e. The molecule has 0 saturated heterocycles. The molecule has 2 rings (SSSR count). The summed E-state index contributed by atoms with van der Waals surface area (Å²) < 4.78 is 61.8. The van der Waals surface area contributed by atoms with Gasteiger partial charge in [-0.05, 0) is 29.8 Å². The van der Waals surface area contributed by atoms with E-state index in [-0.39, 0.29) is 21.0 Å². The zero-order valence-electron chi connectivity index (χ0n) is 10.8. The van der Waals surface area contributed by atoms with Crippen molar-refractivity contribution in [3.8, 4) is 11.1 Å². The highest BCUT2D eigenvalue weighted by Gasteiger charge is 2.34. The van der Waals surface area contributed by atoms with Gasteiger partial charge in [0, 0.05) is 16.8 Å². The van der Waals surface area contributed by atoms with Gasteiger partial charge in [0.25, 0.3) is 0 Å². The number of hydrogen-bond donors (Lipinski definition) is 0. The van der Waals surface area contributed by atoms with Crippen LogP contribution in [0.2, 0.25) is 5.02 Å². The van der Waals surface area contributed by atoms with Gasteiger partial charge in [-0.25, -0.2) is 8.42 Å². The van der Waals surface area contributed by atoms with Crippen molar-refractivity contribution in [2.75, 3.05) is 6.26 Å². The van der Waals surface area contributed by atoms with E-state index in [4.69, 9.17) is 11.6 Å².